The van der Waals surface area contributed by atoms with Crippen LogP contribution in [0.15, 0.2) is 24.4 Å². The number of aryl methyl sites for hydroxylation is 1. The number of amides is 1. The minimum Gasteiger partial charge on any atom is -0.397 e. The van der Waals surface area contributed by atoms with E-state index in [0.717, 1.165) is 0 Å². The van der Waals surface area contributed by atoms with Gasteiger partial charge in [-0.05, 0) is 18.6 Å². The maximum atomic E-state index is 13.4. The van der Waals surface area contributed by atoms with Gasteiger partial charge in [0, 0.05) is 12.1 Å². The zero-order valence-corrected chi connectivity index (χ0v) is 10.4. The van der Waals surface area contributed by atoms with Gasteiger partial charge in [0.2, 0.25) is 0 Å². The first-order valence-electron chi connectivity index (χ1n) is 5.56. The van der Waals surface area contributed by atoms with Crippen LogP contribution in [0.25, 0.3) is 0 Å². The van der Waals surface area contributed by atoms with Gasteiger partial charge in [-0.15, -0.1) is 0 Å². The second-order valence-electron chi connectivity index (χ2n) is 4.12. The first-order valence-corrected chi connectivity index (χ1v) is 5.56. The van der Waals surface area contributed by atoms with Crippen molar-refractivity contribution in [2.24, 2.45) is 0 Å². The highest BCUT2D eigenvalue weighted by atomic mass is 19.1. The van der Waals surface area contributed by atoms with Gasteiger partial charge in [0.05, 0.1) is 11.9 Å². The quantitative estimate of drug-likeness (QED) is 0.889. The van der Waals surface area contributed by atoms with Gasteiger partial charge in [-0.1, -0.05) is 0 Å². The molecule has 104 valence electrons. The molecule has 2 aromatic rings. The highest BCUT2D eigenvalue weighted by Gasteiger charge is 2.19. The molecule has 0 unspecified atom stereocenters. The summed E-state index contributed by atoms with van der Waals surface area (Å²) in [6, 6.07) is 2.31. The summed E-state index contributed by atoms with van der Waals surface area (Å²) in [6.07, 6.45) is 1.31. The Balaban J connectivity index is 2.31. The van der Waals surface area contributed by atoms with Crippen LogP contribution in [-0.2, 0) is 0 Å². The van der Waals surface area contributed by atoms with Crippen LogP contribution < -0.4 is 11.1 Å². The first kappa shape index (κ1) is 13.9. The Morgan fingerprint density at radius 3 is 2.35 bits per heavy atom. The number of pyridine rings is 1. The minimum atomic E-state index is -1.29. The van der Waals surface area contributed by atoms with Crippen molar-refractivity contribution < 1.29 is 18.0 Å². The van der Waals surface area contributed by atoms with E-state index >= 15 is 0 Å². The van der Waals surface area contributed by atoms with E-state index in [1.54, 1.807) is 6.92 Å². The van der Waals surface area contributed by atoms with Crippen molar-refractivity contribution in [3.8, 4) is 0 Å². The van der Waals surface area contributed by atoms with E-state index in [-0.39, 0.29) is 5.82 Å². The third kappa shape index (κ3) is 2.71. The van der Waals surface area contributed by atoms with Crippen LogP contribution in [0.2, 0.25) is 0 Å². The lowest BCUT2D eigenvalue weighted by molar-refractivity contribution is 0.101. The SMILES string of the molecule is Cc1cc(NC(=O)c2c(F)cc(F)cc2F)ncc1N. The van der Waals surface area contributed by atoms with Gasteiger partial charge in [0.1, 0.15) is 28.8 Å². The molecule has 7 heteroatoms. The molecule has 0 bridgehead atoms. The summed E-state index contributed by atoms with van der Waals surface area (Å²) in [4.78, 5) is 15.6. The number of hydrogen-bond donors (Lipinski definition) is 2. The fourth-order valence-corrected chi connectivity index (χ4v) is 1.57. The number of halogens is 3. The van der Waals surface area contributed by atoms with Crippen molar-refractivity contribution in [2.45, 2.75) is 6.92 Å². The smallest absolute Gasteiger partial charge is 0.262 e. The van der Waals surface area contributed by atoms with Crippen molar-refractivity contribution in [3.05, 3.63) is 53.0 Å². The lowest BCUT2D eigenvalue weighted by Gasteiger charge is -2.08. The van der Waals surface area contributed by atoms with Crippen LogP contribution in [0.1, 0.15) is 15.9 Å². The molecule has 0 spiro atoms. The number of aromatic nitrogens is 1. The van der Waals surface area contributed by atoms with E-state index in [2.05, 4.69) is 10.3 Å². The average molecular weight is 281 g/mol. The average Bonchev–Trinajstić information content (AvgIpc) is 2.32. The number of nitrogens with two attached hydrogens (primary N) is 1. The molecule has 20 heavy (non-hydrogen) atoms. The summed E-state index contributed by atoms with van der Waals surface area (Å²) >= 11 is 0. The molecule has 0 saturated heterocycles. The van der Waals surface area contributed by atoms with Crippen LogP contribution >= 0.6 is 0 Å². The summed E-state index contributed by atoms with van der Waals surface area (Å²) in [6.45, 7) is 1.69. The Kier molecular flexibility index (Phi) is 3.60. The summed E-state index contributed by atoms with van der Waals surface area (Å²) in [5.41, 5.74) is 5.75. The second kappa shape index (κ2) is 5.20. The van der Waals surface area contributed by atoms with Gasteiger partial charge in [-0.25, -0.2) is 18.2 Å². The molecular weight excluding hydrogens is 271 g/mol. The molecule has 0 aliphatic carbocycles. The molecular formula is C13H10F3N3O. The number of nitrogens with zero attached hydrogens (tertiary/aromatic N) is 1. The van der Waals surface area contributed by atoms with Crippen LogP contribution in [-0.4, -0.2) is 10.9 Å². The largest absolute Gasteiger partial charge is 0.397 e. The van der Waals surface area contributed by atoms with Crippen LogP contribution in [0.4, 0.5) is 24.7 Å². The molecule has 3 N–H and O–H groups in total. The monoisotopic (exact) mass is 281 g/mol. The van der Waals surface area contributed by atoms with Crippen molar-refractivity contribution >= 4 is 17.4 Å². The molecule has 0 radical (unpaired) electrons. The highest BCUT2D eigenvalue weighted by Crippen LogP contribution is 2.18. The molecule has 0 aliphatic rings. The number of nitrogen functional groups attached to an aromatic ring is 1. The molecule has 1 aromatic carbocycles. The molecule has 2 rings (SSSR count). The first-order chi connectivity index (χ1) is 9.38. The Labute approximate surface area is 112 Å². The lowest BCUT2D eigenvalue weighted by atomic mass is 10.1. The molecule has 1 amide bonds. The second-order valence-corrected chi connectivity index (χ2v) is 4.12. The maximum absolute atomic E-state index is 13.4. The Morgan fingerprint density at radius 1 is 1.20 bits per heavy atom. The Hall–Kier alpha value is -2.57. The Morgan fingerprint density at radius 2 is 1.80 bits per heavy atom. The molecule has 0 aliphatic heterocycles. The number of anilines is 2. The van der Waals surface area contributed by atoms with E-state index in [4.69, 9.17) is 5.73 Å². The zero-order chi connectivity index (χ0) is 14.9. The lowest BCUT2D eigenvalue weighted by Crippen LogP contribution is -2.17. The topological polar surface area (TPSA) is 68.0 Å². The van der Waals surface area contributed by atoms with Crippen molar-refractivity contribution in [1.29, 1.82) is 0 Å². The van der Waals surface area contributed by atoms with Gasteiger partial charge < -0.3 is 11.1 Å². The maximum Gasteiger partial charge on any atom is 0.262 e. The molecule has 0 atom stereocenters. The number of rotatable bonds is 2. The van der Waals surface area contributed by atoms with Crippen molar-refractivity contribution in [1.82, 2.24) is 4.98 Å². The van der Waals surface area contributed by atoms with Gasteiger partial charge in [-0.2, -0.15) is 0 Å². The van der Waals surface area contributed by atoms with Crippen LogP contribution in [0.3, 0.4) is 0 Å². The third-order valence-electron chi connectivity index (χ3n) is 2.63. The number of carbonyl (C=O) groups is 1. The fraction of sp³-hybridized carbons (Fsp3) is 0.0769. The summed E-state index contributed by atoms with van der Waals surface area (Å²) in [5, 5.41) is 2.22. The van der Waals surface area contributed by atoms with E-state index < -0.39 is 28.9 Å². The summed E-state index contributed by atoms with van der Waals surface area (Å²) < 4.78 is 39.6. The molecule has 4 nitrogen and oxygen atoms in total. The molecule has 1 heterocycles. The number of carbonyl (C=O) groups excluding carboxylic acids is 1. The highest BCUT2D eigenvalue weighted by molar-refractivity contribution is 6.04. The summed E-state index contributed by atoms with van der Waals surface area (Å²) in [5.74, 6) is -4.64. The molecule has 0 saturated carbocycles. The van der Waals surface area contributed by atoms with Crippen LogP contribution in [0.5, 0.6) is 0 Å². The van der Waals surface area contributed by atoms with Gasteiger partial charge >= 0.3 is 0 Å². The Bertz CT molecular complexity index is 666. The standard InChI is InChI=1S/C13H10F3N3O/c1-6-2-11(18-5-10(6)17)19-13(20)12-8(15)3-7(14)4-9(12)16/h2-5H,17H2,1H3,(H,18,19,20). The van der Waals surface area contributed by atoms with Gasteiger partial charge in [-0.3, -0.25) is 4.79 Å². The molecule has 0 fully saturated rings. The predicted molar refractivity (Wildman–Crippen MR) is 67.7 cm³/mol. The zero-order valence-electron chi connectivity index (χ0n) is 10.4. The summed E-state index contributed by atoms with van der Waals surface area (Å²) in [7, 11) is 0. The number of benzene rings is 1. The van der Waals surface area contributed by atoms with Crippen molar-refractivity contribution in [2.75, 3.05) is 11.1 Å². The predicted octanol–water partition coefficient (Wildman–Crippen LogP) is 2.64. The van der Waals surface area contributed by atoms with E-state index in [1.165, 1.54) is 12.3 Å². The fourth-order valence-electron chi connectivity index (χ4n) is 1.57. The van der Waals surface area contributed by atoms with E-state index in [1.807, 2.05) is 0 Å². The van der Waals surface area contributed by atoms with E-state index in [9.17, 15) is 18.0 Å². The number of hydrogen-bond acceptors (Lipinski definition) is 3. The number of nitrogens with one attached hydrogen (secondary N) is 1. The van der Waals surface area contributed by atoms with Crippen molar-refractivity contribution in [3.63, 3.8) is 0 Å². The van der Waals surface area contributed by atoms with E-state index in [0.29, 0.717) is 23.4 Å². The third-order valence-corrected chi connectivity index (χ3v) is 2.63. The van der Waals surface area contributed by atoms with Crippen LogP contribution in [0, 0.1) is 24.4 Å². The van der Waals surface area contributed by atoms with Gasteiger partial charge in [0.15, 0.2) is 0 Å². The molecule has 1 aromatic heterocycles. The minimum absolute atomic E-state index is 0.0878. The normalized spacial score (nSPS) is 10.4. The van der Waals surface area contributed by atoms with Gasteiger partial charge in [0.25, 0.3) is 5.91 Å².